The largest absolute Gasteiger partial charge is 0.462 e. The van der Waals surface area contributed by atoms with E-state index in [9.17, 15) is 29.7 Å². The molecule has 0 aliphatic heterocycles. The summed E-state index contributed by atoms with van der Waals surface area (Å²) in [5, 5.41) is 30.2. The predicted octanol–water partition coefficient (Wildman–Crippen LogP) is 9.90. The van der Waals surface area contributed by atoms with Gasteiger partial charge in [0.25, 0.3) is 0 Å². The highest BCUT2D eigenvalue weighted by molar-refractivity contribution is 5.84. The number of ether oxygens (including phenoxy) is 2. The first-order valence-electron chi connectivity index (χ1n) is 21.4. The van der Waals surface area contributed by atoms with Crippen molar-refractivity contribution < 1.29 is 39.2 Å². The van der Waals surface area contributed by atoms with Crippen molar-refractivity contribution in [2.45, 2.75) is 206 Å². The third kappa shape index (κ3) is 25.9. The molecule has 1 aliphatic carbocycles. The third-order valence-corrected chi connectivity index (χ3v) is 10.3. The molecule has 0 unspecified atom stereocenters. The Bertz CT molecular complexity index is 960. The third-order valence-electron chi connectivity index (χ3n) is 10.3. The van der Waals surface area contributed by atoms with Crippen molar-refractivity contribution in [3.05, 3.63) is 24.3 Å². The van der Waals surface area contributed by atoms with Crippen LogP contribution in [-0.2, 0) is 23.9 Å². The number of rotatable bonds is 34. The zero-order chi connectivity index (χ0) is 38.2. The summed E-state index contributed by atoms with van der Waals surface area (Å²) >= 11 is 0. The standard InChI is InChI=1S/C44H78O8/c1-4-5-21-27-37(46)31-32-40-39(41(47)33-42(40)48)28-23-19-20-25-30-44(50)52-38(34-45)35-51-43(49)29-24-18-16-14-12-10-8-6-7-9-11-13-15-17-22-26-36(2)3/h19,23,31-32,36-40,42,45-46,48H,4-18,20-22,24-30,33-35H2,1-3H3/b23-19-,32-31+/t37-,38-,39+,40+,42+/m0/s1. The molecule has 302 valence electrons. The van der Waals surface area contributed by atoms with Crippen LogP contribution in [0.4, 0.5) is 0 Å². The minimum atomic E-state index is -0.874. The first-order valence-corrected chi connectivity index (χ1v) is 21.4. The van der Waals surface area contributed by atoms with Crippen LogP contribution in [0.2, 0.25) is 0 Å². The van der Waals surface area contributed by atoms with Gasteiger partial charge in [-0.15, -0.1) is 0 Å². The molecule has 0 amide bonds. The average Bonchev–Trinajstić information content (AvgIpc) is 3.39. The Kier molecular flexibility index (Phi) is 29.9. The first-order chi connectivity index (χ1) is 25.2. The van der Waals surface area contributed by atoms with Crippen LogP contribution in [0.15, 0.2) is 24.3 Å². The molecular weight excluding hydrogens is 656 g/mol. The molecule has 3 N–H and O–H groups in total. The summed E-state index contributed by atoms with van der Waals surface area (Å²) in [5.41, 5.74) is 0. The Hall–Kier alpha value is -2.03. The number of aliphatic hydroxyl groups is 3. The summed E-state index contributed by atoms with van der Waals surface area (Å²) in [7, 11) is 0. The lowest BCUT2D eigenvalue weighted by atomic mass is 9.90. The lowest BCUT2D eigenvalue weighted by molar-refractivity contribution is -0.161. The zero-order valence-corrected chi connectivity index (χ0v) is 33.5. The zero-order valence-electron chi connectivity index (χ0n) is 33.5. The number of hydrogen-bond donors (Lipinski definition) is 3. The molecule has 0 radical (unpaired) electrons. The van der Waals surface area contributed by atoms with Gasteiger partial charge in [0.2, 0.25) is 0 Å². The predicted molar refractivity (Wildman–Crippen MR) is 211 cm³/mol. The first kappa shape index (κ1) is 48.0. The summed E-state index contributed by atoms with van der Waals surface area (Å²) < 4.78 is 10.6. The number of esters is 2. The van der Waals surface area contributed by atoms with Gasteiger partial charge in [0.1, 0.15) is 12.4 Å². The maximum absolute atomic E-state index is 12.5. The number of Topliss-reactive ketones (excluding diaryl/α,β-unsaturated/α-hetero) is 1. The molecule has 0 aromatic rings. The average molecular weight is 735 g/mol. The van der Waals surface area contributed by atoms with Crippen molar-refractivity contribution in [1.82, 2.24) is 0 Å². The molecule has 0 aromatic heterocycles. The fourth-order valence-corrected chi connectivity index (χ4v) is 6.96. The molecule has 5 atom stereocenters. The van der Waals surface area contributed by atoms with E-state index in [1.807, 2.05) is 12.2 Å². The Morgan fingerprint density at radius 2 is 1.33 bits per heavy atom. The second-order valence-corrected chi connectivity index (χ2v) is 15.7. The van der Waals surface area contributed by atoms with Crippen LogP contribution < -0.4 is 0 Å². The van der Waals surface area contributed by atoms with Crippen molar-refractivity contribution >= 4 is 17.7 Å². The van der Waals surface area contributed by atoms with Crippen molar-refractivity contribution in [1.29, 1.82) is 0 Å². The van der Waals surface area contributed by atoms with Crippen LogP contribution in [-0.4, -0.2) is 64.6 Å². The topological polar surface area (TPSA) is 130 Å². The minimum absolute atomic E-state index is 0.0293. The molecule has 52 heavy (non-hydrogen) atoms. The summed E-state index contributed by atoms with van der Waals surface area (Å²) in [6, 6.07) is 0. The van der Waals surface area contributed by atoms with E-state index in [4.69, 9.17) is 9.47 Å². The molecule has 0 aromatic carbocycles. The Morgan fingerprint density at radius 3 is 1.90 bits per heavy atom. The second kappa shape index (κ2) is 32.4. The van der Waals surface area contributed by atoms with Crippen molar-refractivity contribution in [2.75, 3.05) is 13.2 Å². The van der Waals surface area contributed by atoms with E-state index in [-0.39, 0.29) is 43.0 Å². The minimum Gasteiger partial charge on any atom is -0.462 e. The van der Waals surface area contributed by atoms with Gasteiger partial charge in [0.05, 0.1) is 18.8 Å². The molecular formula is C44H78O8. The molecule has 8 nitrogen and oxygen atoms in total. The molecule has 0 heterocycles. The Labute approximate surface area is 317 Å². The van der Waals surface area contributed by atoms with Gasteiger partial charge in [0, 0.05) is 31.1 Å². The van der Waals surface area contributed by atoms with Gasteiger partial charge < -0.3 is 24.8 Å². The number of carbonyl (C=O) groups is 3. The van der Waals surface area contributed by atoms with Crippen molar-refractivity contribution in [3.63, 3.8) is 0 Å². The SMILES string of the molecule is CCCCC[C@H](O)/C=C/[C@H]1[C@H](O)CC(=O)[C@@H]1C/C=C\CCCC(=O)O[C@@H](CO)COC(=O)CCCCCCCCCCCCCCCCCC(C)C. The monoisotopic (exact) mass is 735 g/mol. The van der Waals surface area contributed by atoms with Crippen LogP contribution in [0.1, 0.15) is 188 Å². The van der Waals surface area contributed by atoms with E-state index in [1.165, 1.54) is 83.5 Å². The van der Waals surface area contributed by atoms with Gasteiger partial charge in [-0.05, 0) is 38.0 Å². The maximum atomic E-state index is 12.5. The molecule has 0 bridgehead atoms. The Balaban J connectivity index is 2.07. The van der Waals surface area contributed by atoms with Gasteiger partial charge in [-0.2, -0.15) is 0 Å². The van der Waals surface area contributed by atoms with Crippen molar-refractivity contribution in [3.8, 4) is 0 Å². The smallest absolute Gasteiger partial charge is 0.306 e. The van der Waals surface area contributed by atoms with E-state index in [2.05, 4.69) is 20.8 Å². The lowest BCUT2D eigenvalue weighted by Gasteiger charge is -2.16. The quantitative estimate of drug-likeness (QED) is 0.0338. The van der Waals surface area contributed by atoms with Crippen LogP contribution >= 0.6 is 0 Å². The number of carbonyl (C=O) groups excluding carboxylic acids is 3. The molecule has 1 rings (SSSR count). The molecule has 1 fully saturated rings. The number of aliphatic hydroxyl groups excluding tert-OH is 3. The summed E-state index contributed by atoms with van der Waals surface area (Å²) in [4.78, 5) is 36.9. The highest BCUT2D eigenvalue weighted by Gasteiger charge is 2.39. The van der Waals surface area contributed by atoms with Gasteiger partial charge in [-0.3, -0.25) is 14.4 Å². The number of ketones is 1. The van der Waals surface area contributed by atoms with E-state index in [0.717, 1.165) is 44.4 Å². The van der Waals surface area contributed by atoms with Gasteiger partial charge in [-0.25, -0.2) is 0 Å². The van der Waals surface area contributed by atoms with E-state index in [1.54, 1.807) is 12.2 Å². The van der Waals surface area contributed by atoms with E-state index in [0.29, 0.717) is 32.1 Å². The summed E-state index contributed by atoms with van der Waals surface area (Å²) in [6.07, 6.45) is 31.7. The number of hydrogen-bond acceptors (Lipinski definition) is 8. The van der Waals surface area contributed by atoms with E-state index < -0.39 is 30.9 Å². The fraction of sp³-hybridized carbons (Fsp3) is 0.841. The molecule has 0 saturated heterocycles. The van der Waals surface area contributed by atoms with Crippen LogP contribution in [0.3, 0.4) is 0 Å². The lowest BCUT2D eigenvalue weighted by Crippen LogP contribution is -2.28. The normalized spacial score (nSPS) is 18.9. The highest BCUT2D eigenvalue weighted by Crippen LogP contribution is 2.33. The second-order valence-electron chi connectivity index (χ2n) is 15.7. The van der Waals surface area contributed by atoms with Crippen LogP contribution in [0.5, 0.6) is 0 Å². The van der Waals surface area contributed by atoms with Crippen LogP contribution in [0, 0.1) is 17.8 Å². The number of unbranched alkanes of at least 4 members (excludes halogenated alkanes) is 17. The van der Waals surface area contributed by atoms with Crippen molar-refractivity contribution in [2.24, 2.45) is 17.8 Å². The van der Waals surface area contributed by atoms with E-state index >= 15 is 0 Å². The highest BCUT2D eigenvalue weighted by atomic mass is 16.6. The molecule has 0 spiro atoms. The summed E-state index contributed by atoms with van der Waals surface area (Å²) in [6.45, 7) is 6.17. The fourth-order valence-electron chi connectivity index (χ4n) is 6.96. The molecule has 8 heteroatoms. The van der Waals surface area contributed by atoms with Gasteiger partial charge in [-0.1, -0.05) is 161 Å². The maximum Gasteiger partial charge on any atom is 0.306 e. The van der Waals surface area contributed by atoms with Gasteiger partial charge in [0.15, 0.2) is 6.10 Å². The summed E-state index contributed by atoms with van der Waals surface area (Å²) in [5.74, 6) is -0.538. The van der Waals surface area contributed by atoms with Crippen LogP contribution in [0.25, 0.3) is 0 Å². The molecule has 1 saturated carbocycles. The Morgan fingerprint density at radius 1 is 0.769 bits per heavy atom. The van der Waals surface area contributed by atoms with Gasteiger partial charge >= 0.3 is 11.9 Å². The number of allylic oxidation sites excluding steroid dienone is 2. The molecule has 1 aliphatic rings.